The Kier molecular flexibility index (Phi) is 7.40. The molecule has 0 heterocycles. The minimum absolute atomic E-state index is 0.126. The molecule has 158 valence electrons. The minimum Gasteiger partial charge on any atom is -0.427 e. The molecule has 3 aromatic rings. The molecule has 2 amide bonds. The van der Waals surface area contributed by atoms with Gasteiger partial charge >= 0.3 is 5.97 Å². The zero-order chi connectivity index (χ0) is 22.2. The number of ether oxygens (including phenoxy) is 1. The Labute approximate surface area is 185 Å². The van der Waals surface area contributed by atoms with E-state index in [4.69, 9.17) is 16.3 Å². The lowest BCUT2D eigenvalue weighted by Crippen LogP contribution is -2.14. The van der Waals surface area contributed by atoms with Crippen molar-refractivity contribution in [1.82, 2.24) is 0 Å². The van der Waals surface area contributed by atoms with E-state index in [9.17, 15) is 14.4 Å². The lowest BCUT2D eigenvalue weighted by molar-refractivity contribution is -0.131. The lowest BCUT2D eigenvalue weighted by Gasteiger charge is -2.09. The maximum absolute atomic E-state index is 12.4. The van der Waals surface area contributed by atoms with Gasteiger partial charge in [0.05, 0.1) is 0 Å². The number of halogens is 1. The number of rotatable bonds is 7. The molecule has 6 nitrogen and oxygen atoms in total. The first-order valence-corrected chi connectivity index (χ1v) is 10.0. The van der Waals surface area contributed by atoms with Crippen LogP contribution in [-0.2, 0) is 16.0 Å². The third-order valence-corrected chi connectivity index (χ3v) is 4.73. The van der Waals surface area contributed by atoms with Crippen LogP contribution in [0.1, 0.15) is 29.3 Å². The number of nitrogens with one attached hydrogen (secondary N) is 2. The fourth-order valence-corrected chi connectivity index (χ4v) is 3.11. The molecule has 0 unspecified atom stereocenters. The Balaban J connectivity index is 1.54. The van der Waals surface area contributed by atoms with E-state index in [2.05, 4.69) is 10.6 Å². The van der Waals surface area contributed by atoms with Crippen molar-refractivity contribution in [2.24, 2.45) is 0 Å². The maximum Gasteiger partial charge on any atom is 0.308 e. The molecule has 0 spiro atoms. The maximum atomic E-state index is 12.4. The number of benzene rings is 3. The van der Waals surface area contributed by atoms with Crippen molar-refractivity contribution < 1.29 is 19.1 Å². The highest BCUT2D eigenvalue weighted by molar-refractivity contribution is 6.31. The number of hydrogen-bond donors (Lipinski definition) is 2. The highest BCUT2D eigenvalue weighted by atomic mass is 35.5. The summed E-state index contributed by atoms with van der Waals surface area (Å²) in [5, 5.41) is 6.24. The number of carbonyl (C=O) groups is 3. The van der Waals surface area contributed by atoms with E-state index in [1.165, 1.54) is 13.0 Å². The summed E-state index contributed by atoms with van der Waals surface area (Å²) in [6.07, 6.45) is 0.854. The first-order chi connectivity index (χ1) is 14.9. The molecule has 7 heteroatoms. The van der Waals surface area contributed by atoms with Crippen molar-refractivity contribution in [1.29, 1.82) is 0 Å². The first kappa shape index (κ1) is 22.1. The number of esters is 1. The van der Waals surface area contributed by atoms with Crippen molar-refractivity contribution in [2.75, 3.05) is 10.6 Å². The van der Waals surface area contributed by atoms with Crippen LogP contribution < -0.4 is 15.4 Å². The Morgan fingerprint density at radius 2 is 1.55 bits per heavy atom. The van der Waals surface area contributed by atoms with Gasteiger partial charge < -0.3 is 15.4 Å². The molecule has 0 fully saturated rings. The number of hydrogen-bond acceptors (Lipinski definition) is 4. The zero-order valence-electron chi connectivity index (χ0n) is 16.9. The highest BCUT2D eigenvalue weighted by Gasteiger charge is 2.09. The van der Waals surface area contributed by atoms with E-state index in [1.54, 1.807) is 48.5 Å². The van der Waals surface area contributed by atoms with Crippen LogP contribution in [-0.4, -0.2) is 17.8 Å². The van der Waals surface area contributed by atoms with Gasteiger partial charge in [-0.15, -0.1) is 0 Å². The fourth-order valence-electron chi connectivity index (χ4n) is 2.88. The summed E-state index contributed by atoms with van der Waals surface area (Å²) in [4.78, 5) is 35.7. The second kappa shape index (κ2) is 10.4. The van der Waals surface area contributed by atoms with E-state index >= 15 is 0 Å². The summed E-state index contributed by atoms with van der Waals surface area (Å²) in [6.45, 7) is 1.30. The number of aryl methyl sites for hydroxylation is 1. The second-order valence-corrected chi connectivity index (χ2v) is 7.20. The van der Waals surface area contributed by atoms with E-state index in [-0.39, 0.29) is 11.8 Å². The van der Waals surface area contributed by atoms with Crippen LogP contribution in [0.5, 0.6) is 5.75 Å². The van der Waals surface area contributed by atoms with E-state index in [0.717, 1.165) is 5.56 Å². The van der Waals surface area contributed by atoms with Gasteiger partial charge in [-0.2, -0.15) is 0 Å². The lowest BCUT2D eigenvalue weighted by atomic mass is 10.1. The van der Waals surface area contributed by atoms with Crippen LogP contribution >= 0.6 is 11.6 Å². The highest BCUT2D eigenvalue weighted by Crippen LogP contribution is 2.19. The van der Waals surface area contributed by atoms with Crippen molar-refractivity contribution in [2.45, 2.75) is 19.8 Å². The van der Waals surface area contributed by atoms with Gasteiger partial charge in [0.2, 0.25) is 5.91 Å². The van der Waals surface area contributed by atoms with Crippen molar-refractivity contribution in [3.63, 3.8) is 0 Å². The van der Waals surface area contributed by atoms with Gasteiger partial charge in [-0.25, -0.2) is 0 Å². The third kappa shape index (κ3) is 6.69. The van der Waals surface area contributed by atoms with Gasteiger partial charge in [0.25, 0.3) is 5.91 Å². The van der Waals surface area contributed by atoms with Crippen LogP contribution in [0.2, 0.25) is 5.02 Å². The molecule has 0 aliphatic carbocycles. The Bertz CT molecular complexity index is 1100. The molecule has 31 heavy (non-hydrogen) atoms. The fraction of sp³-hybridized carbons (Fsp3) is 0.125. The Morgan fingerprint density at radius 1 is 0.871 bits per heavy atom. The third-order valence-electron chi connectivity index (χ3n) is 4.36. The van der Waals surface area contributed by atoms with Crippen LogP contribution in [0.4, 0.5) is 11.4 Å². The summed E-state index contributed by atoms with van der Waals surface area (Å²) in [5.74, 6) is -0.624. The average Bonchev–Trinajstić information content (AvgIpc) is 2.74. The van der Waals surface area contributed by atoms with E-state index in [0.29, 0.717) is 40.6 Å². The van der Waals surface area contributed by atoms with Gasteiger partial charge in [0.15, 0.2) is 0 Å². The Morgan fingerprint density at radius 3 is 2.23 bits per heavy atom. The largest absolute Gasteiger partial charge is 0.427 e. The molecule has 2 N–H and O–H groups in total. The van der Waals surface area contributed by atoms with Gasteiger partial charge in [-0.3, -0.25) is 14.4 Å². The molecule has 0 aromatic heterocycles. The molecular weight excluding hydrogens is 416 g/mol. The van der Waals surface area contributed by atoms with Crippen molar-refractivity contribution in [3.8, 4) is 5.75 Å². The quantitative estimate of drug-likeness (QED) is 0.399. The zero-order valence-corrected chi connectivity index (χ0v) is 17.6. The number of carbonyl (C=O) groups excluding carboxylic acids is 3. The molecule has 3 aromatic carbocycles. The first-order valence-electron chi connectivity index (χ1n) is 9.64. The number of amides is 2. The second-order valence-electron chi connectivity index (χ2n) is 6.79. The molecular formula is C24H21ClN2O4. The van der Waals surface area contributed by atoms with Gasteiger partial charge in [0, 0.05) is 35.3 Å². The number of anilines is 2. The Hall–Kier alpha value is -3.64. The summed E-state index contributed by atoms with van der Waals surface area (Å²) >= 11 is 6.11. The summed E-state index contributed by atoms with van der Waals surface area (Å²) in [5.41, 5.74) is 2.47. The molecule has 0 radical (unpaired) electrons. The van der Waals surface area contributed by atoms with Crippen LogP contribution in [0.3, 0.4) is 0 Å². The summed E-state index contributed by atoms with van der Waals surface area (Å²) in [7, 11) is 0. The van der Waals surface area contributed by atoms with E-state index in [1.807, 2.05) is 18.2 Å². The minimum atomic E-state index is -0.456. The summed E-state index contributed by atoms with van der Waals surface area (Å²) < 4.78 is 5.00. The predicted molar refractivity (Wildman–Crippen MR) is 121 cm³/mol. The van der Waals surface area contributed by atoms with Gasteiger partial charge in [-0.1, -0.05) is 35.9 Å². The molecule has 0 aliphatic heterocycles. The van der Waals surface area contributed by atoms with Gasteiger partial charge in [0.1, 0.15) is 5.75 Å². The molecule has 3 rings (SSSR count). The molecule has 0 atom stereocenters. The topological polar surface area (TPSA) is 84.5 Å². The smallest absolute Gasteiger partial charge is 0.308 e. The van der Waals surface area contributed by atoms with Gasteiger partial charge in [-0.05, 0) is 60.5 Å². The van der Waals surface area contributed by atoms with E-state index < -0.39 is 5.97 Å². The predicted octanol–water partition coefficient (Wildman–Crippen LogP) is 5.09. The SMILES string of the molecule is CC(=O)Oc1cccc(C(=O)Nc2ccc(NC(=O)CCc3ccccc3Cl)cc2)c1. The monoisotopic (exact) mass is 436 g/mol. The van der Waals surface area contributed by atoms with Crippen molar-refractivity contribution >= 4 is 40.8 Å². The van der Waals surface area contributed by atoms with Crippen molar-refractivity contribution in [3.05, 3.63) is 88.9 Å². The normalized spacial score (nSPS) is 10.3. The molecule has 0 saturated carbocycles. The molecule has 0 aliphatic rings. The molecule has 0 saturated heterocycles. The summed E-state index contributed by atoms with van der Waals surface area (Å²) in [6, 6.07) is 20.6. The van der Waals surface area contributed by atoms with Crippen LogP contribution in [0.15, 0.2) is 72.8 Å². The average molecular weight is 437 g/mol. The van der Waals surface area contributed by atoms with Crippen LogP contribution in [0, 0.1) is 0 Å². The van der Waals surface area contributed by atoms with Crippen LogP contribution in [0.25, 0.3) is 0 Å². The standard InChI is InChI=1S/C24H21ClN2O4/c1-16(28)31-21-7-4-6-18(15-21)24(30)27-20-12-10-19(11-13-20)26-23(29)14-9-17-5-2-3-8-22(17)25/h2-8,10-13,15H,9,14H2,1H3,(H,26,29)(H,27,30). The molecule has 0 bridgehead atoms.